The molecule has 0 aliphatic carbocycles. The Morgan fingerprint density at radius 3 is 2.37 bits per heavy atom. The lowest BCUT2D eigenvalue weighted by Gasteiger charge is -2.20. The van der Waals surface area contributed by atoms with E-state index in [0.717, 1.165) is 37.4 Å². The smallest absolute Gasteiger partial charge is 0.338 e. The lowest BCUT2D eigenvalue weighted by atomic mass is 10.2. The third-order valence-electron chi connectivity index (χ3n) is 4.68. The summed E-state index contributed by atoms with van der Waals surface area (Å²) < 4.78 is 27.1. The number of nitrogens with one attached hydrogen (secondary N) is 1. The van der Waals surface area contributed by atoms with Gasteiger partial charge in [-0.2, -0.15) is 4.31 Å². The average molecular weight is 450 g/mol. The van der Waals surface area contributed by atoms with Crippen molar-refractivity contribution in [1.29, 1.82) is 0 Å². The first-order chi connectivity index (χ1) is 14.4. The molecule has 0 spiro atoms. The maximum atomic E-state index is 12.8. The number of nitrogens with zero attached hydrogens (tertiary/aromatic N) is 2. The number of anilines is 1. The molecule has 2 N–H and O–H groups in total. The Labute approximate surface area is 179 Å². The Bertz CT molecular complexity index is 1000. The zero-order valence-electron chi connectivity index (χ0n) is 16.3. The second kappa shape index (κ2) is 10.1. The number of sulfonamides is 1. The Balaban J connectivity index is 1.60. The van der Waals surface area contributed by atoms with E-state index in [1.54, 1.807) is 12.1 Å². The van der Waals surface area contributed by atoms with Gasteiger partial charge in [0.15, 0.2) is 0 Å². The molecular formula is C20H23N3O5S2. The molecule has 10 heteroatoms. The number of aromatic carboxylic acids is 1. The number of hydrogen-bond acceptors (Lipinski definition) is 6. The number of amides is 1. The molecule has 1 aliphatic rings. The van der Waals surface area contributed by atoms with E-state index >= 15 is 0 Å². The van der Waals surface area contributed by atoms with Gasteiger partial charge >= 0.3 is 5.97 Å². The van der Waals surface area contributed by atoms with Gasteiger partial charge in [0.25, 0.3) is 0 Å². The number of hydrogen-bond donors (Lipinski definition) is 2. The van der Waals surface area contributed by atoms with E-state index in [1.807, 2.05) is 0 Å². The van der Waals surface area contributed by atoms with Gasteiger partial charge in [-0.1, -0.05) is 24.6 Å². The van der Waals surface area contributed by atoms with Crippen LogP contribution in [0.3, 0.4) is 0 Å². The van der Waals surface area contributed by atoms with Gasteiger partial charge in [0.2, 0.25) is 15.9 Å². The molecule has 1 saturated heterocycles. The average Bonchev–Trinajstić information content (AvgIpc) is 3.03. The minimum absolute atomic E-state index is 0.0227. The molecular weight excluding hydrogens is 426 g/mol. The van der Waals surface area contributed by atoms with Crippen LogP contribution in [0.25, 0.3) is 0 Å². The molecule has 8 nitrogen and oxygen atoms in total. The zero-order valence-corrected chi connectivity index (χ0v) is 17.9. The highest BCUT2D eigenvalue weighted by Crippen LogP contribution is 2.23. The first kappa shape index (κ1) is 22.3. The predicted molar refractivity (Wildman–Crippen MR) is 114 cm³/mol. The summed E-state index contributed by atoms with van der Waals surface area (Å²) in [5, 5.41) is 12.1. The predicted octanol–water partition coefficient (Wildman–Crippen LogP) is 3.08. The topological polar surface area (TPSA) is 117 Å². The molecule has 1 amide bonds. The maximum absolute atomic E-state index is 12.8. The molecule has 0 radical (unpaired) electrons. The molecule has 1 fully saturated rings. The van der Waals surface area contributed by atoms with Crippen molar-refractivity contribution >= 4 is 39.3 Å². The van der Waals surface area contributed by atoms with Gasteiger partial charge in [-0.05, 0) is 49.2 Å². The van der Waals surface area contributed by atoms with Gasteiger partial charge < -0.3 is 10.4 Å². The number of carbonyl (C=O) groups excluding carboxylic acids is 1. The summed E-state index contributed by atoms with van der Waals surface area (Å²) in [6, 6.07) is 9.04. The summed E-state index contributed by atoms with van der Waals surface area (Å²) in [6.45, 7) is 1.06. The summed E-state index contributed by atoms with van der Waals surface area (Å²) in [7, 11) is -3.54. The molecule has 30 heavy (non-hydrogen) atoms. The van der Waals surface area contributed by atoms with Crippen LogP contribution in [0, 0.1) is 0 Å². The van der Waals surface area contributed by atoms with E-state index in [2.05, 4.69) is 10.3 Å². The summed E-state index contributed by atoms with van der Waals surface area (Å²) in [5.74, 6) is -1.47. The molecule has 2 heterocycles. The first-order valence-electron chi connectivity index (χ1n) is 9.59. The summed E-state index contributed by atoms with van der Waals surface area (Å²) in [5.41, 5.74) is 0.508. The van der Waals surface area contributed by atoms with Crippen LogP contribution in [0.2, 0.25) is 0 Å². The van der Waals surface area contributed by atoms with Crippen molar-refractivity contribution in [3.63, 3.8) is 0 Å². The van der Waals surface area contributed by atoms with Crippen molar-refractivity contribution in [1.82, 2.24) is 9.29 Å². The van der Waals surface area contributed by atoms with Crippen molar-refractivity contribution in [3.05, 3.63) is 48.2 Å². The fourth-order valence-electron chi connectivity index (χ4n) is 3.14. The quantitative estimate of drug-likeness (QED) is 0.624. The van der Waals surface area contributed by atoms with Crippen LogP contribution in [0.1, 0.15) is 36.0 Å². The van der Waals surface area contributed by atoms with Crippen molar-refractivity contribution in [2.75, 3.05) is 24.2 Å². The zero-order chi connectivity index (χ0) is 21.6. The fraction of sp³-hybridized carbons (Fsp3) is 0.350. The van der Waals surface area contributed by atoms with E-state index < -0.39 is 16.0 Å². The Morgan fingerprint density at radius 1 is 1.07 bits per heavy atom. The van der Waals surface area contributed by atoms with Crippen molar-refractivity contribution in [2.45, 2.75) is 35.6 Å². The molecule has 0 saturated carbocycles. The van der Waals surface area contributed by atoms with Crippen molar-refractivity contribution in [2.24, 2.45) is 0 Å². The van der Waals surface area contributed by atoms with Crippen molar-refractivity contribution in [3.8, 4) is 0 Å². The third-order valence-corrected chi connectivity index (χ3v) is 7.60. The molecule has 1 aromatic carbocycles. The SMILES string of the molecule is O=C(CSc1ncccc1C(=O)O)Nc1ccc(S(=O)(=O)N2CCCCCC2)cc1. The van der Waals surface area contributed by atoms with Gasteiger partial charge in [-0.15, -0.1) is 0 Å². The summed E-state index contributed by atoms with van der Waals surface area (Å²) in [6.07, 6.45) is 5.29. The molecule has 0 unspecified atom stereocenters. The number of pyridine rings is 1. The number of rotatable bonds is 7. The highest BCUT2D eigenvalue weighted by Gasteiger charge is 2.25. The Hall–Kier alpha value is -2.43. The van der Waals surface area contributed by atoms with E-state index in [4.69, 9.17) is 5.11 Å². The monoisotopic (exact) mass is 449 g/mol. The van der Waals surface area contributed by atoms with Crippen molar-refractivity contribution < 1.29 is 23.1 Å². The third kappa shape index (κ3) is 5.59. The van der Waals surface area contributed by atoms with E-state index in [-0.39, 0.29) is 27.1 Å². The lowest BCUT2D eigenvalue weighted by molar-refractivity contribution is -0.113. The highest BCUT2D eigenvalue weighted by atomic mass is 32.2. The standard InChI is InChI=1S/C20H23N3O5S2/c24-18(14-29-19-17(20(25)26)6-5-11-21-19)22-15-7-9-16(10-8-15)30(27,28)23-12-3-1-2-4-13-23/h5-11H,1-4,12-14H2,(H,22,24)(H,25,26). The fourth-order valence-corrected chi connectivity index (χ4v) is 5.44. The van der Waals surface area contributed by atoms with Crippen LogP contribution in [-0.4, -0.2) is 53.5 Å². The number of carboxylic acids is 1. The normalized spacial score (nSPS) is 15.3. The van der Waals surface area contributed by atoms with Gasteiger partial charge in [-0.25, -0.2) is 18.2 Å². The van der Waals surface area contributed by atoms with E-state index in [9.17, 15) is 18.0 Å². The molecule has 1 aromatic heterocycles. The molecule has 0 atom stereocenters. The highest BCUT2D eigenvalue weighted by molar-refractivity contribution is 8.00. The Kier molecular flexibility index (Phi) is 7.46. The second-order valence-corrected chi connectivity index (χ2v) is 9.74. The number of benzene rings is 1. The van der Waals surface area contributed by atoms with Gasteiger partial charge in [-0.3, -0.25) is 4.79 Å². The number of carboxylic acid groups (broad SMARTS) is 1. The van der Waals surface area contributed by atoms with Crippen LogP contribution in [-0.2, 0) is 14.8 Å². The van der Waals surface area contributed by atoms with Crippen LogP contribution >= 0.6 is 11.8 Å². The van der Waals surface area contributed by atoms with Gasteiger partial charge in [0, 0.05) is 25.0 Å². The number of carbonyl (C=O) groups is 2. The molecule has 3 rings (SSSR count). The Morgan fingerprint density at radius 2 is 1.73 bits per heavy atom. The lowest BCUT2D eigenvalue weighted by Crippen LogP contribution is -2.31. The largest absolute Gasteiger partial charge is 0.478 e. The van der Waals surface area contributed by atoms with Gasteiger partial charge in [0.05, 0.1) is 16.2 Å². The van der Waals surface area contributed by atoms with E-state index in [1.165, 1.54) is 34.8 Å². The summed E-state index contributed by atoms with van der Waals surface area (Å²) >= 11 is 1.02. The van der Waals surface area contributed by atoms with E-state index in [0.29, 0.717) is 18.8 Å². The summed E-state index contributed by atoms with van der Waals surface area (Å²) in [4.78, 5) is 27.6. The minimum Gasteiger partial charge on any atom is -0.478 e. The maximum Gasteiger partial charge on any atom is 0.338 e. The van der Waals surface area contributed by atoms with Crippen LogP contribution in [0.15, 0.2) is 52.5 Å². The molecule has 160 valence electrons. The number of aromatic nitrogens is 1. The molecule has 2 aromatic rings. The molecule has 1 aliphatic heterocycles. The van der Waals surface area contributed by atoms with Crippen LogP contribution in [0.4, 0.5) is 5.69 Å². The molecule has 0 bridgehead atoms. The minimum atomic E-state index is -3.54. The van der Waals surface area contributed by atoms with Crippen LogP contribution < -0.4 is 5.32 Å². The first-order valence-corrected chi connectivity index (χ1v) is 12.0. The van der Waals surface area contributed by atoms with Crippen LogP contribution in [0.5, 0.6) is 0 Å². The van der Waals surface area contributed by atoms with Gasteiger partial charge in [0.1, 0.15) is 5.03 Å². The number of thioether (sulfide) groups is 1. The second-order valence-electron chi connectivity index (χ2n) is 6.84.